The van der Waals surface area contributed by atoms with Crippen molar-refractivity contribution in [1.82, 2.24) is 15.2 Å². The van der Waals surface area contributed by atoms with Crippen LogP contribution in [0.5, 0.6) is 0 Å². The first kappa shape index (κ1) is 27.3. The van der Waals surface area contributed by atoms with Gasteiger partial charge in [0.2, 0.25) is 5.91 Å². The highest BCUT2D eigenvalue weighted by Crippen LogP contribution is 2.31. The second-order valence-corrected chi connectivity index (χ2v) is 10.1. The maximum absolute atomic E-state index is 13.2. The first-order chi connectivity index (χ1) is 18.7. The van der Waals surface area contributed by atoms with Crippen LogP contribution < -0.4 is 16.4 Å². The van der Waals surface area contributed by atoms with E-state index in [9.17, 15) is 19.5 Å². The van der Waals surface area contributed by atoms with E-state index in [0.717, 1.165) is 15.3 Å². The van der Waals surface area contributed by atoms with Crippen molar-refractivity contribution in [2.45, 2.75) is 32.5 Å². The lowest BCUT2D eigenvalue weighted by Gasteiger charge is -2.29. The number of benzene rings is 2. The van der Waals surface area contributed by atoms with Gasteiger partial charge in [0.1, 0.15) is 6.04 Å². The molecule has 0 aliphatic carbocycles. The summed E-state index contributed by atoms with van der Waals surface area (Å²) in [6.45, 7) is 3.56. The van der Waals surface area contributed by atoms with Crippen LogP contribution in [0.1, 0.15) is 41.4 Å². The van der Waals surface area contributed by atoms with E-state index in [1.165, 1.54) is 0 Å². The number of amides is 3. The molecule has 9 nitrogen and oxygen atoms in total. The summed E-state index contributed by atoms with van der Waals surface area (Å²) in [7, 11) is 0. The summed E-state index contributed by atoms with van der Waals surface area (Å²) in [4.78, 5) is 44.7. The lowest BCUT2D eigenvalue weighted by Crippen LogP contribution is -2.44. The number of nitrogens with zero attached hydrogens (tertiary/aromatic N) is 2. The van der Waals surface area contributed by atoms with Crippen LogP contribution in [0.15, 0.2) is 84.5 Å². The second-order valence-electron chi connectivity index (χ2n) is 9.19. The Kier molecular flexibility index (Phi) is 8.57. The molecule has 4 aromatic rings. The Morgan fingerprint density at radius 3 is 2.44 bits per heavy atom. The average molecular weight is 544 g/mol. The van der Waals surface area contributed by atoms with Gasteiger partial charge in [-0.25, -0.2) is 4.79 Å². The van der Waals surface area contributed by atoms with Crippen LogP contribution in [-0.2, 0) is 11.3 Å². The zero-order valence-electron chi connectivity index (χ0n) is 21.5. The van der Waals surface area contributed by atoms with Crippen LogP contribution in [0.2, 0.25) is 0 Å². The van der Waals surface area contributed by atoms with E-state index in [0.29, 0.717) is 28.1 Å². The Bertz CT molecular complexity index is 1440. The van der Waals surface area contributed by atoms with Crippen molar-refractivity contribution in [3.8, 4) is 10.4 Å². The van der Waals surface area contributed by atoms with Crippen molar-refractivity contribution in [2.24, 2.45) is 0 Å². The molecule has 1 unspecified atom stereocenters. The minimum Gasteiger partial charge on any atom is -0.465 e. The van der Waals surface area contributed by atoms with Crippen LogP contribution in [0.3, 0.4) is 0 Å². The molecule has 0 radical (unpaired) electrons. The predicted octanol–water partition coefficient (Wildman–Crippen LogP) is 5.39. The smallest absolute Gasteiger partial charge is 0.408 e. The van der Waals surface area contributed by atoms with E-state index in [4.69, 9.17) is 5.73 Å². The number of anilines is 2. The molecule has 2 aromatic heterocycles. The van der Waals surface area contributed by atoms with Crippen molar-refractivity contribution >= 4 is 40.6 Å². The third kappa shape index (κ3) is 6.79. The molecule has 200 valence electrons. The third-order valence-corrected chi connectivity index (χ3v) is 6.83. The molecule has 0 aliphatic rings. The van der Waals surface area contributed by atoms with Crippen LogP contribution in [0.25, 0.3) is 10.4 Å². The summed E-state index contributed by atoms with van der Waals surface area (Å²) in [5.74, 6) is -0.850. The van der Waals surface area contributed by atoms with E-state index in [1.807, 2.05) is 29.6 Å². The number of carboxylic acid groups (broad SMARTS) is 1. The highest BCUT2D eigenvalue weighted by atomic mass is 32.1. The van der Waals surface area contributed by atoms with Crippen LogP contribution >= 0.6 is 11.3 Å². The van der Waals surface area contributed by atoms with Crippen molar-refractivity contribution in [1.29, 1.82) is 0 Å². The van der Waals surface area contributed by atoms with E-state index in [1.54, 1.807) is 80.0 Å². The molecule has 1 atom stereocenters. The quantitative estimate of drug-likeness (QED) is 0.209. The fraction of sp³-hybridized carbons (Fsp3) is 0.172. The number of carbonyl (C=O) groups excluding carboxylic acids is 2. The summed E-state index contributed by atoms with van der Waals surface area (Å²) in [6, 6.07) is 17.8. The van der Waals surface area contributed by atoms with E-state index in [2.05, 4.69) is 15.6 Å². The van der Waals surface area contributed by atoms with Gasteiger partial charge in [-0.05, 0) is 72.3 Å². The topological polar surface area (TPSA) is 138 Å². The zero-order valence-corrected chi connectivity index (χ0v) is 22.3. The normalized spacial score (nSPS) is 11.6. The van der Waals surface area contributed by atoms with E-state index < -0.39 is 18.0 Å². The van der Waals surface area contributed by atoms with Gasteiger partial charge < -0.3 is 21.5 Å². The highest BCUT2D eigenvalue weighted by Gasteiger charge is 2.32. The zero-order chi connectivity index (χ0) is 27.9. The lowest BCUT2D eigenvalue weighted by molar-refractivity contribution is -0.126. The standard InChI is InChI=1S/C29H29N5O4S/c1-18(2)32-28(36)26(34(29(37)38)17-19-5-3-13-31-16-19)20-7-9-21(10-8-20)27(35)33-24-15-22(11-12-23(24)30)25-6-4-14-39-25/h3-16,18,26H,17,30H2,1-2H3,(H,32,36)(H,33,35)(H,37,38). The summed E-state index contributed by atoms with van der Waals surface area (Å²) in [6.07, 6.45) is 1.89. The predicted molar refractivity (Wildman–Crippen MR) is 152 cm³/mol. The Morgan fingerprint density at radius 2 is 1.82 bits per heavy atom. The maximum Gasteiger partial charge on any atom is 0.408 e. The SMILES string of the molecule is CC(C)NC(=O)C(c1ccc(C(=O)Nc2cc(-c3cccs3)ccc2N)cc1)N(Cc1cccnc1)C(=O)O. The van der Waals surface area contributed by atoms with Crippen LogP contribution in [0.4, 0.5) is 16.2 Å². The highest BCUT2D eigenvalue weighted by molar-refractivity contribution is 7.13. The number of nitrogen functional groups attached to an aromatic ring is 1. The number of aromatic nitrogens is 1. The Balaban J connectivity index is 1.59. The minimum absolute atomic E-state index is 0.0402. The molecule has 4 rings (SSSR count). The summed E-state index contributed by atoms with van der Waals surface area (Å²) >= 11 is 1.59. The third-order valence-electron chi connectivity index (χ3n) is 5.91. The molecule has 10 heteroatoms. The number of nitrogens with one attached hydrogen (secondary N) is 2. The molecular weight excluding hydrogens is 514 g/mol. The molecule has 0 saturated carbocycles. The number of pyridine rings is 1. The molecular formula is C29H29N5O4S. The number of hydrogen-bond acceptors (Lipinski definition) is 6. The van der Waals surface area contributed by atoms with Crippen molar-refractivity contribution in [3.05, 3.63) is 101 Å². The van der Waals surface area contributed by atoms with Gasteiger partial charge in [0.05, 0.1) is 17.9 Å². The summed E-state index contributed by atoms with van der Waals surface area (Å²) in [5.41, 5.74) is 9.35. The van der Waals surface area contributed by atoms with Crippen LogP contribution in [-0.4, -0.2) is 38.9 Å². The number of carbonyl (C=O) groups is 3. The largest absolute Gasteiger partial charge is 0.465 e. The van der Waals surface area contributed by atoms with Gasteiger partial charge >= 0.3 is 6.09 Å². The van der Waals surface area contributed by atoms with Gasteiger partial charge in [-0.2, -0.15) is 0 Å². The molecule has 2 heterocycles. The van der Waals surface area contributed by atoms with Gasteiger partial charge in [-0.1, -0.05) is 30.3 Å². The average Bonchev–Trinajstić information content (AvgIpc) is 3.45. The number of nitrogens with two attached hydrogens (primary N) is 1. The van der Waals surface area contributed by atoms with Crippen molar-refractivity contribution < 1.29 is 19.5 Å². The Hall–Kier alpha value is -4.70. The van der Waals surface area contributed by atoms with Gasteiger partial charge in [-0.15, -0.1) is 11.3 Å². The number of hydrogen-bond donors (Lipinski definition) is 4. The maximum atomic E-state index is 13.2. The molecule has 5 N–H and O–H groups in total. The van der Waals surface area contributed by atoms with Gasteiger partial charge in [-0.3, -0.25) is 19.5 Å². The fourth-order valence-corrected chi connectivity index (χ4v) is 4.79. The number of rotatable bonds is 9. The summed E-state index contributed by atoms with van der Waals surface area (Å²) < 4.78 is 0. The van der Waals surface area contributed by atoms with Gasteiger partial charge in [0.25, 0.3) is 5.91 Å². The number of thiophene rings is 1. The Morgan fingerprint density at radius 1 is 1.05 bits per heavy atom. The first-order valence-corrected chi connectivity index (χ1v) is 13.1. The fourth-order valence-electron chi connectivity index (χ4n) is 4.07. The molecule has 0 bridgehead atoms. The molecule has 3 amide bonds. The minimum atomic E-state index is -1.26. The van der Waals surface area contributed by atoms with E-state index in [-0.39, 0.29) is 18.5 Å². The first-order valence-electron chi connectivity index (χ1n) is 12.3. The molecule has 2 aromatic carbocycles. The molecule has 0 aliphatic heterocycles. The molecule has 0 spiro atoms. The van der Waals surface area contributed by atoms with Crippen LogP contribution in [0, 0.1) is 0 Å². The molecule has 0 fully saturated rings. The Labute approximate surface area is 230 Å². The van der Waals surface area contributed by atoms with Crippen molar-refractivity contribution in [2.75, 3.05) is 11.1 Å². The van der Waals surface area contributed by atoms with Gasteiger partial charge in [0.15, 0.2) is 0 Å². The second kappa shape index (κ2) is 12.2. The van der Waals surface area contributed by atoms with Gasteiger partial charge in [0, 0.05) is 28.9 Å². The monoisotopic (exact) mass is 543 g/mol. The van der Waals surface area contributed by atoms with Crippen molar-refractivity contribution in [3.63, 3.8) is 0 Å². The molecule has 39 heavy (non-hydrogen) atoms. The van der Waals surface area contributed by atoms with E-state index >= 15 is 0 Å². The lowest BCUT2D eigenvalue weighted by atomic mass is 10.0. The molecule has 0 saturated heterocycles. The summed E-state index contributed by atoms with van der Waals surface area (Å²) in [5, 5.41) is 17.7.